The number of hydrogen-bond donors (Lipinski definition) is 1. The van der Waals surface area contributed by atoms with Crippen molar-refractivity contribution in [2.24, 2.45) is 0 Å². The SMILES string of the molecule is CC(=O)Nc1ccc(SCl)c2ccccc12. The van der Waals surface area contributed by atoms with E-state index in [0.717, 1.165) is 21.4 Å². The summed E-state index contributed by atoms with van der Waals surface area (Å²) in [4.78, 5) is 12.1. The molecule has 0 unspecified atom stereocenters. The quantitative estimate of drug-likeness (QED) is 0.873. The summed E-state index contributed by atoms with van der Waals surface area (Å²) in [5.41, 5.74) is 0.817. The Kier molecular flexibility index (Phi) is 3.36. The van der Waals surface area contributed by atoms with E-state index in [9.17, 15) is 4.79 Å². The number of hydrogen-bond acceptors (Lipinski definition) is 2. The van der Waals surface area contributed by atoms with Crippen molar-refractivity contribution in [2.45, 2.75) is 11.8 Å². The van der Waals surface area contributed by atoms with E-state index in [-0.39, 0.29) is 5.91 Å². The standard InChI is InChI=1S/C12H10ClNOS/c1-8(15)14-11-6-7-12(16-13)10-5-3-2-4-9(10)11/h2-7H,1H3,(H,14,15). The van der Waals surface area contributed by atoms with Gasteiger partial charge in [0, 0.05) is 22.9 Å². The number of fused-ring (bicyclic) bond motifs is 1. The number of benzene rings is 2. The van der Waals surface area contributed by atoms with Gasteiger partial charge in [-0.3, -0.25) is 4.79 Å². The Bertz CT molecular complexity index is 542. The lowest BCUT2D eigenvalue weighted by Gasteiger charge is -2.09. The lowest BCUT2D eigenvalue weighted by molar-refractivity contribution is -0.114. The van der Waals surface area contributed by atoms with Crippen LogP contribution in [0.1, 0.15) is 6.92 Å². The summed E-state index contributed by atoms with van der Waals surface area (Å²) in [5.74, 6) is -0.0728. The first-order valence-electron chi connectivity index (χ1n) is 4.80. The molecule has 0 saturated heterocycles. The largest absolute Gasteiger partial charge is 0.326 e. The molecule has 0 aliphatic rings. The molecule has 0 radical (unpaired) electrons. The van der Waals surface area contributed by atoms with Crippen LogP contribution < -0.4 is 5.32 Å². The van der Waals surface area contributed by atoms with Crippen molar-refractivity contribution in [3.05, 3.63) is 36.4 Å². The maximum Gasteiger partial charge on any atom is 0.221 e. The number of anilines is 1. The van der Waals surface area contributed by atoms with Crippen LogP contribution in [0.5, 0.6) is 0 Å². The average molecular weight is 252 g/mol. The first kappa shape index (κ1) is 11.3. The highest BCUT2D eigenvalue weighted by molar-refractivity contribution is 8.21. The molecule has 0 spiro atoms. The van der Waals surface area contributed by atoms with Crippen molar-refractivity contribution >= 4 is 44.0 Å². The van der Waals surface area contributed by atoms with Crippen molar-refractivity contribution in [1.82, 2.24) is 0 Å². The number of halogens is 1. The van der Waals surface area contributed by atoms with E-state index < -0.39 is 0 Å². The van der Waals surface area contributed by atoms with Crippen LogP contribution in [0.4, 0.5) is 5.69 Å². The van der Waals surface area contributed by atoms with Crippen molar-refractivity contribution in [3.63, 3.8) is 0 Å². The van der Waals surface area contributed by atoms with Crippen molar-refractivity contribution < 1.29 is 4.79 Å². The molecule has 0 aliphatic heterocycles. The Balaban J connectivity index is 2.64. The van der Waals surface area contributed by atoms with Gasteiger partial charge in [0.15, 0.2) is 0 Å². The van der Waals surface area contributed by atoms with Crippen LogP contribution in [-0.2, 0) is 4.79 Å². The number of nitrogens with one attached hydrogen (secondary N) is 1. The fraction of sp³-hybridized carbons (Fsp3) is 0.0833. The molecule has 1 N–H and O–H groups in total. The van der Waals surface area contributed by atoms with Gasteiger partial charge in [0.25, 0.3) is 0 Å². The lowest BCUT2D eigenvalue weighted by atomic mass is 10.1. The van der Waals surface area contributed by atoms with E-state index >= 15 is 0 Å². The maximum atomic E-state index is 11.1. The van der Waals surface area contributed by atoms with Gasteiger partial charge in [-0.1, -0.05) is 24.3 Å². The maximum absolute atomic E-state index is 11.1. The second-order valence-corrected chi connectivity index (χ2v) is 4.47. The van der Waals surface area contributed by atoms with Gasteiger partial charge in [0.05, 0.1) is 0 Å². The topological polar surface area (TPSA) is 29.1 Å². The molecule has 2 rings (SSSR count). The summed E-state index contributed by atoms with van der Waals surface area (Å²) in [7, 11) is 6.98. The molecule has 0 aliphatic carbocycles. The molecule has 82 valence electrons. The average Bonchev–Trinajstić information content (AvgIpc) is 2.29. The molecule has 1 amide bonds. The molecular formula is C12H10ClNOS. The second-order valence-electron chi connectivity index (χ2n) is 3.42. The first-order chi connectivity index (χ1) is 7.72. The van der Waals surface area contributed by atoms with E-state index in [1.165, 1.54) is 17.9 Å². The lowest BCUT2D eigenvalue weighted by Crippen LogP contribution is -2.06. The third-order valence-electron chi connectivity index (χ3n) is 2.28. The van der Waals surface area contributed by atoms with Crippen LogP contribution >= 0.6 is 21.7 Å². The zero-order valence-electron chi connectivity index (χ0n) is 8.66. The third-order valence-corrected chi connectivity index (χ3v) is 3.30. The molecule has 0 bridgehead atoms. The van der Waals surface area contributed by atoms with Crippen LogP contribution in [-0.4, -0.2) is 5.91 Å². The zero-order chi connectivity index (χ0) is 11.5. The Morgan fingerprint density at radius 1 is 1.19 bits per heavy atom. The summed E-state index contributed by atoms with van der Waals surface area (Å²) < 4.78 is 0. The molecule has 2 aromatic carbocycles. The summed E-state index contributed by atoms with van der Waals surface area (Å²) in [5, 5.41) is 4.86. The Labute approximate surface area is 102 Å². The Morgan fingerprint density at radius 2 is 1.88 bits per heavy atom. The predicted molar refractivity (Wildman–Crippen MR) is 70.0 cm³/mol. The molecule has 16 heavy (non-hydrogen) atoms. The van der Waals surface area contributed by atoms with Crippen molar-refractivity contribution in [3.8, 4) is 0 Å². The summed E-state index contributed by atoms with van der Waals surface area (Å²) in [6, 6.07) is 11.6. The highest BCUT2D eigenvalue weighted by atomic mass is 35.7. The fourth-order valence-corrected chi connectivity index (χ4v) is 2.42. The highest BCUT2D eigenvalue weighted by Gasteiger charge is 2.06. The van der Waals surface area contributed by atoms with Crippen LogP contribution in [0, 0.1) is 0 Å². The predicted octanol–water partition coefficient (Wildman–Crippen LogP) is 4.04. The van der Waals surface area contributed by atoms with Gasteiger partial charge in [0.1, 0.15) is 0 Å². The monoisotopic (exact) mass is 251 g/mol. The first-order valence-corrected chi connectivity index (χ1v) is 6.44. The van der Waals surface area contributed by atoms with Gasteiger partial charge >= 0.3 is 0 Å². The van der Waals surface area contributed by atoms with Gasteiger partial charge in [-0.2, -0.15) is 0 Å². The number of amides is 1. The zero-order valence-corrected chi connectivity index (χ0v) is 10.2. The third kappa shape index (κ3) is 2.15. The summed E-state index contributed by atoms with van der Waals surface area (Å²) in [6.07, 6.45) is 0. The van der Waals surface area contributed by atoms with E-state index in [0.29, 0.717) is 0 Å². The molecule has 0 fully saturated rings. The van der Waals surface area contributed by atoms with Gasteiger partial charge < -0.3 is 5.32 Å². The number of carbonyl (C=O) groups excluding carboxylic acids is 1. The van der Waals surface area contributed by atoms with E-state index in [2.05, 4.69) is 5.32 Å². The van der Waals surface area contributed by atoms with Crippen molar-refractivity contribution in [1.29, 1.82) is 0 Å². The van der Waals surface area contributed by atoms with Crippen LogP contribution in [0.25, 0.3) is 10.8 Å². The minimum atomic E-state index is -0.0728. The van der Waals surface area contributed by atoms with Crippen LogP contribution in [0.15, 0.2) is 41.3 Å². The molecule has 0 aromatic heterocycles. The molecular weight excluding hydrogens is 242 g/mol. The number of carbonyl (C=O) groups is 1. The van der Waals surface area contributed by atoms with E-state index in [4.69, 9.17) is 10.7 Å². The molecule has 0 heterocycles. The molecule has 2 nitrogen and oxygen atoms in total. The summed E-state index contributed by atoms with van der Waals surface area (Å²) in [6.45, 7) is 1.50. The molecule has 4 heteroatoms. The highest BCUT2D eigenvalue weighted by Crippen LogP contribution is 2.34. The van der Waals surface area contributed by atoms with Crippen molar-refractivity contribution in [2.75, 3.05) is 5.32 Å². The van der Waals surface area contributed by atoms with Crippen LogP contribution in [0.3, 0.4) is 0 Å². The normalized spacial score (nSPS) is 10.4. The second kappa shape index (κ2) is 4.76. The van der Waals surface area contributed by atoms with Crippen LogP contribution in [0.2, 0.25) is 0 Å². The van der Waals surface area contributed by atoms with Gasteiger partial charge in [0.2, 0.25) is 5.91 Å². The summed E-state index contributed by atoms with van der Waals surface area (Å²) >= 11 is 0. The minimum Gasteiger partial charge on any atom is -0.326 e. The smallest absolute Gasteiger partial charge is 0.221 e. The molecule has 2 aromatic rings. The van der Waals surface area contributed by atoms with E-state index in [1.54, 1.807) is 0 Å². The fourth-order valence-electron chi connectivity index (χ4n) is 1.64. The van der Waals surface area contributed by atoms with E-state index in [1.807, 2.05) is 36.4 Å². The number of rotatable bonds is 2. The Morgan fingerprint density at radius 3 is 2.50 bits per heavy atom. The molecule has 0 atom stereocenters. The van der Waals surface area contributed by atoms with Gasteiger partial charge in [-0.25, -0.2) is 0 Å². The minimum absolute atomic E-state index is 0.0728. The van der Waals surface area contributed by atoms with Gasteiger partial charge in [-0.15, -0.1) is 0 Å². The van der Waals surface area contributed by atoms with Gasteiger partial charge in [-0.05, 0) is 39.2 Å². The Hall–Kier alpha value is -1.19. The molecule has 0 saturated carbocycles.